The van der Waals surface area contributed by atoms with E-state index in [1.54, 1.807) is 25.2 Å². The maximum absolute atomic E-state index is 12.1. The first-order valence-electron chi connectivity index (χ1n) is 8.11. The van der Waals surface area contributed by atoms with Gasteiger partial charge in [0.15, 0.2) is 0 Å². The van der Waals surface area contributed by atoms with Crippen molar-refractivity contribution in [1.29, 1.82) is 0 Å². The summed E-state index contributed by atoms with van der Waals surface area (Å²) < 4.78 is 2.16. The number of rotatable bonds is 4. The summed E-state index contributed by atoms with van der Waals surface area (Å²) in [6.45, 7) is 3.71. The topological polar surface area (TPSA) is 57.5 Å². The van der Waals surface area contributed by atoms with Crippen LogP contribution in [-0.2, 0) is 26.2 Å². The second-order valence-electron chi connectivity index (χ2n) is 6.47. The summed E-state index contributed by atoms with van der Waals surface area (Å²) in [7, 11) is 5.64. The highest BCUT2D eigenvalue weighted by Gasteiger charge is 2.23. The van der Waals surface area contributed by atoms with E-state index in [1.165, 1.54) is 5.56 Å². The van der Waals surface area contributed by atoms with Crippen molar-refractivity contribution in [2.75, 3.05) is 27.7 Å². The van der Waals surface area contributed by atoms with E-state index in [4.69, 9.17) is 4.98 Å². The van der Waals surface area contributed by atoms with Crippen LogP contribution in [-0.4, -0.2) is 63.0 Å². The number of hydrogen-bond donors (Lipinski definition) is 0. The molecule has 24 heavy (non-hydrogen) atoms. The smallest absolute Gasteiger partial charge is 0.319 e. The van der Waals surface area contributed by atoms with Crippen molar-refractivity contribution in [2.45, 2.75) is 26.2 Å². The van der Waals surface area contributed by atoms with Crippen LogP contribution in [0.15, 0.2) is 30.7 Å². The minimum atomic E-state index is 0.0412. The van der Waals surface area contributed by atoms with Crippen LogP contribution >= 0.6 is 0 Å². The highest BCUT2D eigenvalue weighted by molar-refractivity contribution is 5.73. The molecule has 7 heteroatoms. The van der Waals surface area contributed by atoms with Gasteiger partial charge < -0.3 is 14.4 Å². The third-order valence-corrected chi connectivity index (χ3v) is 4.11. The first kappa shape index (κ1) is 16.4. The largest absolute Gasteiger partial charge is 0.331 e. The summed E-state index contributed by atoms with van der Waals surface area (Å²) in [5, 5.41) is 0. The number of urea groups is 1. The first-order chi connectivity index (χ1) is 11.5. The average Bonchev–Trinajstić information content (AvgIpc) is 2.95. The zero-order valence-corrected chi connectivity index (χ0v) is 14.5. The van der Waals surface area contributed by atoms with Gasteiger partial charge in [-0.2, -0.15) is 0 Å². The summed E-state index contributed by atoms with van der Waals surface area (Å²) in [4.78, 5) is 26.6. The average molecular weight is 328 g/mol. The fourth-order valence-corrected chi connectivity index (χ4v) is 2.97. The van der Waals surface area contributed by atoms with E-state index in [9.17, 15) is 4.79 Å². The Morgan fingerprint density at radius 2 is 2.08 bits per heavy atom. The number of amides is 2. The van der Waals surface area contributed by atoms with Gasteiger partial charge in [-0.15, -0.1) is 0 Å². The SMILES string of the molecule is CN(Cc1cccnc1)Cc1cn2c(n1)CN(C(=O)N(C)C)CC2. The predicted molar refractivity (Wildman–Crippen MR) is 91.1 cm³/mol. The molecule has 2 amide bonds. The zero-order valence-electron chi connectivity index (χ0n) is 14.5. The fourth-order valence-electron chi connectivity index (χ4n) is 2.97. The van der Waals surface area contributed by atoms with Crippen LogP contribution in [0.5, 0.6) is 0 Å². The Morgan fingerprint density at radius 1 is 1.25 bits per heavy atom. The lowest BCUT2D eigenvalue weighted by molar-refractivity contribution is 0.156. The molecule has 3 rings (SSSR count). The molecule has 128 valence electrons. The maximum atomic E-state index is 12.1. The minimum Gasteiger partial charge on any atom is -0.331 e. The summed E-state index contributed by atoms with van der Waals surface area (Å²) >= 11 is 0. The van der Waals surface area contributed by atoms with Crippen LogP contribution < -0.4 is 0 Å². The van der Waals surface area contributed by atoms with Gasteiger partial charge in [-0.25, -0.2) is 9.78 Å². The molecule has 0 radical (unpaired) electrons. The molecule has 0 saturated heterocycles. The van der Waals surface area contributed by atoms with Gasteiger partial charge in [-0.05, 0) is 18.7 Å². The molecule has 2 aromatic rings. The Hall–Kier alpha value is -2.41. The quantitative estimate of drug-likeness (QED) is 0.851. The molecule has 7 nitrogen and oxygen atoms in total. The predicted octanol–water partition coefficient (Wildman–Crippen LogP) is 1.41. The van der Waals surface area contributed by atoms with E-state index in [2.05, 4.69) is 33.8 Å². The third-order valence-electron chi connectivity index (χ3n) is 4.11. The number of imidazole rings is 1. The lowest BCUT2D eigenvalue weighted by atomic mass is 10.2. The molecule has 0 aliphatic carbocycles. The second kappa shape index (κ2) is 7.00. The molecule has 2 aromatic heterocycles. The van der Waals surface area contributed by atoms with Crippen LogP contribution in [0.4, 0.5) is 4.79 Å². The zero-order chi connectivity index (χ0) is 17.1. The first-order valence-corrected chi connectivity index (χ1v) is 8.11. The van der Waals surface area contributed by atoms with E-state index in [-0.39, 0.29) is 6.03 Å². The van der Waals surface area contributed by atoms with Crippen LogP contribution in [0.2, 0.25) is 0 Å². The molecule has 0 aromatic carbocycles. The van der Waals surface area contributed by atoms with Crippen molar-refractivity contribution in [3.05, 3.63) is 47.8 Å². The third kappa shape index (κ3) is 3.73. The van der Waals surface area contributed by atoms with Crippen LogP contribution in [0.3, 0.4) is 0 Å². The Bertz CT molecular complexity index is 696. The molecule has 0 bridgehead atoms. The van der Waals surface area contributed by atoms with Crippen LogP contribution in [0.1, 0.15) is 17.1 Å². The molecule has 3 heterocycles. The Balaban J connectivity index is 1.62. The van der Waals surface area contributed by atoms with Crippen molar-refractivity contribution in [1.82, 2.24) is 29.2 Å². The molecular formula is C17H24N6O. The number of carbonyl (C=O) groups excluding carboxylic acids is 1. The summed E-state index contributed by atoms with van der Waals surface area (Å²) in [6, 6.07) is 4.07. The highest BCUT2D eigenvalue weighted by Crippen LogP contribution is 2.15. The fraction of sp³-hybridized carbons (Fsp3) is 0.471. The molecule has 0 N–H and O–H groups in total. The number of aromatic nitrogens is 3. The number of carbonyl (C=O) groups is 1. The minimum absolute atomic E-state index is 0.0412. The molecule has 0 atom stereocenters. The van der Waals surface area contributed by atoms with E-state index in [0.29, 0.717) is 6.54 Å². The van der Waals surface area contributed by atoms with Gasteiger partial charge in [0.1, 0.15) is 5.82 Å². The number of hydrogen-bond acceptors (Lipinski definition) is 4. The van der Waals surface area contributed by atoms with Crippen molar-refractivity contribution >= 4 is 6.03 Å². The Morgan fingerprint density at radius 3 is 2.79 bits per heavy atom. The number of nitrogens with zero attached hydrogens (tertiary/aromatic N) is 6. The second-order valence-corrected chi connectivity index (χ2v) is 6.47. The van der Waals surface area contributed by atoms with E-state index < -0.39 is 0 Å². The van der Waals surface area contributed by atoms with Gasteiger partial charge in [0.25, 0.3) is 0 Å². The summed E-state index contributed by atoms with van der Waals surface area (Å²) in [5.41, 5.74) is 2.22. The van der Waals surface area contributed by atoms with Gasteiger partial charge >= 0.3 is 6.03 Å². The lowest BCUT2D eigenvalue weighted by Gasteiger charge is -2.29. The normalized spacial score (nSPS) is 13.9. The summed E-state index contributed by atoms with van der Waals surface area (Å²) in [6.07, 6.45) is 5.78. The van der Waals surface area contributed by atoms with Crippen molar-refractivity contribution in [3.63, 3.8) is 0 Å². The van der Waals surface area contributed by atoms with Crippen LogP contribution in [0, 0.1) is 0 Å². The van der Waals surface area contributed by atoms with E-state index in [1.807, 2.05) is 17.2 Å². The standard InChI is InChI=1S/C17H24N6O/c1-20(2)17(24)23-8-7-22-12-15(19-16(22)13-23)11-21(3)10-14-5-4-6-18-9-14/h4-6,9,12H,7-8,10-11,13H2,1-3H3. The number of fused-ring (bicyclic) bond motifs is 1. The van der Waals surface area contributed by atoms with Gasteiger partial charge in [0.2, 0.25) is 0 Å². The Labute approximate surface area is 142 Å². The summed E-state index contributed by atoms with van der Waals surface area (Å²) in [5.74, 6) is 0.959. The van der Waals surface area contributed by atoms with Gasteiger partial charge in [-0.3, -0.25) is 9.88 Å². The van der Waals surface area contributed by atoms with Crippen LogP contribution in [0.25, 0.3) is 0 Å². The van der Waals surface area contributed by atoms with Gasteiger partial charge in [-0.1, -0.05) is 6.07 Å². The van der Waals surface area contributed by atoms with E-state index >= 15 is 0 Å². The number of pyridine rings is 1. The molecule has 1 aliphatic rings. The van der Waals surface area contributed by atoms with Crippen molar-refractivity contribution in [2.24, 2.45) is 0 Å². The molecule has 0 fully saturated rings. The molecule has 0 unspecified atom stereocenters. The van der Waals surface area contributed by atoms with E-state index in [0.717, 1.165) is 37.7 Å². The maximum Gasteiger partial charge on any atom is 0.319 e. The van der Waals surface area contributed by atoms with Crippen molar-refractivity contribution in [3.8, 4) is 0 Å². The molecule has 0 saturated carbocycles. The van der Waals surface area contributed by atoms with Gasteiger partial charge in [0, 0.05) is 58.9 Å². The highest BCUT2D eigenvalue weighted by atomic mass is 16.2. The molecule has 0 spiro atoms. The molecule has 1 aliphatic heterocycles. The monoisotopic (exact) mass is 328 g/mol. The Kier molecular flexibility index (Phi) is 4.80. The van der Waals surface area contributed by atoms with Crippen molar-refractivity contribution < 1.29 is 4.79 Å². The molecular weight excluding hydrogens is 304 g/mol. The van der Waals surface area contributed by atoms with Gasteiger partial charge in [0.05, 0.1) is 12.2 Å². The lowest BCUT2D eigenvalue weighted by Crippen LogP contribution is -2.43.